The Morgan fingerprint density at radius 3 is 2.60 bits per heavy atom. The Kier molecular flexibility index (Phi) is 5.10. The highest BCUT2D eigenvalue weighted by molar-refractivity contribution is 7.89. The summed E-state index contributed by atoms with van der Waals surface area (Å²) >= 11 is 6.00. The molecule has 0 aromatic heterocycles. The molecule has 0 aliphatic heterocycles. The van der Waals surface area contributed by atoms with Gasteiger partial charge in [-0.2, -0.15) is 0 Å². The van der Waals surface area contributed by atoms with Gasteiger partial charge in [-0.15, -0.1) is 0 Å². The van der Waals surface area contributed by atoms with Crippen LogP contribution in [0.25, 0.3) is 0 Å². The van der Waals surface area contributed by atoms with Gasteiger partial charge in [0.2, 0.25) is 0 Å². The maximum absolute atomic E-state index is 12.4. The molecule has 0 saturated carbocycles. The molecule has 2 aromatic rings. The van der Waals surface area contributed by atoms with Crippen LogP contribution in [0.4, 0.5) is 0 Å². The Bertz CT molecular complexity index is 897. The lowest BCUT2D eigenvalue weighted by Crippen LogP contribution is -2.27. The Labute approximate surface area is 151 Å². The van der Waals surface area contributed by atoms with E-state index in [9.17, 15) is 13.2 Å². The number of benzene rings is 2. The largest absolute Gasteiger partial charge is 0.345 e. The van der Waals surface area contributed by atoms with Crippen molar-refractivity contribution in [1.82, 2.24) is 10.2 Å². The monoisotopic (exact) mass is 380 g/mol. The molecule has 1 amide bonds. The first kappa shape index (κ1) is 17.9. The fraction of sp³-hybridized carbons (Fsp3) is 0.235. The van der Waals surface area contributed by atoms with Crippen LogP contribution in [0.3, 0.4) is 0 Å². The lowest BCUT2D eigenvalue weighted by Gasteiger charge is -2.14. The van der Waals surface area contributed by atoms with E-state index in [0.717, 1.165) is 24.0 Å². The predicted octanol–water partition coefficient (Wildman–Crippen LogP) is 2.60. The van der Waals surface area contributed by atoms with Crippen molar-refractivity contribution in [1.29, 1.82) is 0 Å². The molecule has 0 heterocycles. The van der Waals surface area contributed by atoms with Gasteiger partial charge in [-0.3, -0.25) is 9.63 Å². The molecular weight excluding hydrogens is 364 g/mol. The van der Waals surface area contributed by atoms with E-state index in [-0.39, 0.29) is 16.8 Å². The van der Waals surface area contributed by atoms with E-state index in [1.165, 1.54) is 31.4 Å². The summed E-state index contributed by atoms with van der Waals surface area (Å²) in [6.45, 7) is 0. The molecule has 132 valence electrons. The molecule has 1 aliphatic carbocycles. The fourth-order valence-corrected chi connectivity index (χ4v) is 3.93. The van der Waals surface area contributed by atoms with Gasteiger partial charge in [-0.1, -0.05) is 22.6 Å². The molecule has 1 unspecified atom stereocenters. The number of hydrogen-bond donors (Lipinski definition) is 2. The minimum atomic E-state index is -3.74. The van der Waals surface area contributed by atoms with Crippen molar-refractivity contribution < 1.29 is 18.0 Å². The van der Waals surface area contributed by atoms with Crippen molar-refractivity contribution in [2.45, 2.75) is 23.8 Å². The van der Waals surface area contributed by atoms with Gasteiger partial charge in [-0.25, -0.2) is 8.42 Å². The van der Waals surface area contributed by atoms with Crippen LogP contribution in [0.1, 0.15) is 33.9 Å². The molecule has 25 heavy (non-hydrogen) atoms. The zero-order chi connectivity index (χ0) is 18.0. The maximum atomic E-state index is 12.4. The smallest absolute Gasteiger partial charge is 0.262 e. The van der Waals surface area contributed by atoms with Crippen molar-refractivity contribution in [3.05, 3.63) is 64.2 Å². The molecule has 3 rings (SSSR count). The molecule has 0 fully saturated rings. The van der Waals surface area contributed by atoms with E-state index in [2.05, 4.69) is 10.2 Å². The van der Waals surface area contributed by atoms with Crippen molar-refractivity contribution in [2.24, 2.45) is 0 Å². The third-order valence-corrected chi connectivity index (χ3v) is 5.62. The highest BCUT2D eigenvalue weighted by Crippen LogP contribution is 2.33. The van der Waals surface area contributed by atoms with Gasteiger partial charge >= 0.3 is 0 Å². The quantitative estimate of drug-likeness (QED) is 0.781. The van der Waals surface area contributed by atoms with E-state index in [1.54, 1.807) is 0 Å². The summed E-state index contributed by atoms with van der Waals surface area (Å²) in [4.78, 5) is 18.8. The molecule has 0 spiro atoms. The van der Waals surface area contributed by atoms with Crippen LogP contribution in [0.15, 0.2) is 47.4 Å². The maximum Gasteiger partial charge on any atom is 0.262 e. The van der Waals surface area contributed by atoms with Crippen LogP contribution in [0, 0.1) is 0 Å². The molecule has 0 radical (unpaired) electrons. The van der Waals surface area contributed by atoms with E-state index < -0.39 is 10.0 Å². The normalized spacial score (nSPS) is 16.5. The summed E-state index contributed by atoms with van der Waals surface area (Å²) in [5, 5.41) is 3.67. The van der Waals surface area contributed by atoms with Crippen LogP contribution in [-0.4, -0.2) is 21.4 Å². The molecule has 2 N–H and O–H groups in total. The fourth-order valence-electron chi connectivity index (χ4n) is 2.92. The standard InChI is InChI=1S/C17H17ClN2O4S/c1-24-20-25(22,23)14-6-2-11(3-7-14)17(21)19-16-9-4-12-10-13(18)5-8-15(12)16/h2-3,5-8,10,16,20H,4,9H2,1H3,(H,19,21). The Morgan fingerprint density at radius 2 is 1.92 bits per heavy atom. The number of rotatable bonds is 5. The van der Waals surface area contributed by atoms with Crippen molar-refractivity contribution in [3.63, 3.8) is 0 Å². The molecule has 1 aliphatic rings. The van der Waals surface area contributed by atoms with Crippen LogP contribution in [0.5, 0.6) is 0 Å². The predicted molar refractivity (Wildman–Crippen MR) is 93.8 cm³/mol. The summed E-state index contributed by atoms with van der Waals surface area (Å²) in [7, 11) is -2.52. The number of halogens is 1. The topological polar surface area (TPSA) is 84.5 Å². The second-order valence-electron chi connectivity index (χ2n) is 5.72. The van der Waals surface area contributed by atoms with Gasteiger partial charge in [0.25, 0.3) is 15.9 Å². The average Bonchev–Trinajstić information content (AvgIpc) is 2.97. The zero-order valence-corrected chi connectivity index (χ0v) is 15.0. The molecule has 8 heteroatoms. The number of nitrogens with one attached hydrogen (secondary N) is 2. The van der Waals surface area contributed by atoms with E-state index in [4.69, 9.17) is 11.6 Å². The molecule has 0 saturated heterocycles. The van der Waals surface area contributed by atoms with Crippen molar-refractivity contribution >= 4 is 27.5 Å². The minimum absolute atomic E-state index is 0.0201. The first-order valence-corrected chi connectivity index (χ1v) is 9.51. The van der Waals surface area contributed by atoms with Crippen molar-refractivity contribution in [3.8, 4) is 0 Å². The number of sulfonamides is 1. The van der Waals surface area contributed by atoms with Gasteiger partial charge in [0.1, 0.15) is 0 Å². The summed E-state index contributed by atoms with van der Waals surface area (Å²) < 4.78 is 23.6. The number of amides is 1. The number of carbonyl (C=O) groups is 1. The van der Waals surface area contributed by atoms with Crippen LogP contribution in [0.2, 0.25) is 5.02 Å². The second kappa shape index (κ2) is 7.13. The highest BCUT2D eigenvalue weighted by Gasteiger charge is 2.24. The Morgan fingerprint density at radius 1 is 1.20 bits per heavy atom. The van der Waals surface area contributed by atoms with Gasteiger partial charge in [0, 0.05) is 10.6 Å². The third kappa shape index (κ3) is 3.85. The van der Waals surface area contributed by atoms with Crippen molar-refractivity contribution in [2.75, 3.05) is 7.11 Å². The Hall–Kier alpha value is -1.93. The van der Waals surface area contributed by atoms with E-state index >= 15 is 0 Å². The summed E-state index contributed by atoms with van der Waals surface area (Å²) in [6, 6.07) is 11.3. The van der Waals surface area contributed by atoms with Gasteiger partial charge in [0.05, 0.1) is 18.0 Å². The van der Waals surface area contributed by atoms with Crippen LogP contribution >= 0.6 is 11.6 Å². The average molecular weight is 381 g/mol. The zero-order valence-electron chi connectivity index (χ0n) is 13.5. The molecule has 1 atom stereocenters. The lowest BCUT2D eigenvalue weighted by molar-refractivity contribution is 0.0936. The summed E-state index contributed by atoms with van der Waals surface area (Å²) in [5.41, 5.74) is 2.60. The first-order valence-electron chi connectivity index (χ1n) is 7.65. The van der Waals surface area contributed by atoms with E-state index in [1.807, 2.05) is 23.1 Å². The highest BCUT2D eigenvalue weighted by atomic mass is 35.5. The Balaban J connectivity index is 1.73. The second-order valence-corrected chi connectivity index (χ2v) is 7.80. The van der Waals surface area contributed by atoms with Crippen LogP contribution < -0.4 is 10.2 Å². The number of carbonyl (C=O) groups excluding carboxylic acids is 1. The van der Waals surface area contributed by atoms with Crippen LogP contribution in [-0.2, 0) is 21.3 Å². The van der Waals surface area contributed by atoms with Gasteiger partial charge < -0.3 is 5.32 Å². The SMILES string of the molecule is CONS(=O)(=O)c1ccc(C(=O)NC2CCc3cc(Cl)ccc32)cc1. The summed E-state index contributed by atoms with van der Waals surface area (Å²) in [5.74, 6) is -0.253. The molecule has 6 nitrogen and oxygen atoms in total. The lowest BCUT2D eigenvalue weighted by atomic mass is 10.1. The first-order chi connectivity index (χ1) is 11.9. The number of fused-ring (bicyclic) bond motifs is 1. The van der Waals surface area contributed by atoms with Gasteiger partial charge in [-0.05, 0) is 60.4 Å². The van der Waals surface area contributed by atoms with E-state index in [0.29, 0.717) is 10.6 Å². The van der Waals surface area contributed by atoms with Gasteiger partial charge in [0.15, 0.2) is 0 Å². The molecule has 2 aromatic carbocycles. The third-order valence-electron chi connectivity index (χ3n) is 4.11. The number of hydrogen-bond acceptors (Lipinski definition) is 4. The minimum Gasteiger partial charge on any atom is -0.345 e. The molecule has 0 bridgehead atoms. The number of aryl methyl sites for hydroxylation is 1. The molecular formula is C17H17ClN2O4S. The summed E-state index contributed by atoms with van der Waals surface area (Å²) in [6.07, 6.45) is 1.67.